The fraction of sp³-hybridized carbons (Fsp3) is 0.459. The highest BCUT2D eigenvalue weighted by Crippen LogP contribution is 2.62. The molecule has 2 aromatic carbocycles. The number of carboxylic acids is 2. The van der Waals surface area contributed by atoms with Gasteiger partial charge in [-0.1, -0.05) is 36.4 Å². The summed E-state index contributed by atoms with van der Waals surface area (Å²) in [5, 5.41) is 41.6. The number of hydrogen-bond donors (Lipinski definition) is 4. The first-order valence-electron chi connectivity index (χ1n) is 16.7. The first-order valence-corrected chi connectivity index (χ1v) is 16.7. The van der Waals surface area contributed by atoms with Gasteiger partial charge in [-0.3, -0.25) is 14.4 Å². The van der Waals surface area contributed by atoms with Crippen molar-refractivity contribution in [1.29, 1.82) is 0 Å². The van der Waals surface area contributed by atoms with Crippen LogP contribution in [0.5, 0.6) is 11.5 Å². The molecule has 0 amide bonds. The molecule has 1 spiro atoms. The number of aryl methyl sites for hydroxylation is 1. The van der Waals surface area contributed by atoms with Crippen LogP contribution in [0.15, 0.2) is 54.3 Å². The lowest BCUT2D eigenvalue weighted by atomic mass is 9.54. The number of carboxylic acid groups (broad SMARTS) is 2. The van der Waals surface area contributed by atoms with Crippen LogP contribution < -0.4 is 4.74 Å². The molecule has 7 atom stereocenters. The Morgan fingerprint density at radius 3 is 2.31 bits per heavy atom. The topological polar surface area (TPSA) is 223 Å². The molecule has 278 valence electrons. The molecular weight excluding hydrogens is 682 g/mol. The maximum absolute atomic E-state index is 13.6. The number of phenolic OH excluding ortho intramolecular Hbond substituents is 1. The molecule has 2 aliphatic heterocycles. The summed E-state index contributed by atoms with van der Waals surface area (Å²) in [6.45, 7) is 5.48. The molecule has 1 aliphatic carbocycles. The summed E-state index contributed by atoms with van der Waals surface area (Å²) in [6, 6.07) is 10.2. The Morgan fingerprint density at radius 2 is 1.67 bits per heavy atom. The minimum atomic E-state index is -2.09. The van der Waals surface area contributed by atoms with E-state index in [0.717, 1.165) is 5.56 Å². The van der Waals surface area contributed by atoms with E-state index in [1.807, 2.05) is 25.8 Å². The molecule has 0 radical (unpaired) electrons. The number of phenols is 1. The number of aliphatic carboxylic acids is 2. The fourth-order valence-electron chi connectivity index (χ4n) is 7.60. The first-order chi connectivity index (χ1) is 24.5. The zero-order valence-electron chi connectivity index (χ0n) is 29.1. The van der Waals surface area contributed by atoms with Crippen LogP contribution in [0.1, 0.15) is 68.7 Å². The lowest BCUT2D eigenvalue weighted by Crippen LogP contribution is -2.71. The van der Waals surface area contributed by atoms with E-state index < -0.39 is 90.1 Å². The highest BCUT2D eigenvalue weighted by atomic mass is 16.6. The van der Waals surface area contributed by atoms with Gasteiger partial charge < -0.3 is 49.1 Å². The second-order valence-corrected chi connectivity index (χ2v) is 13.6. The lowest BCUT2D eigenvalue weighted by Gasteiger charge is -2.58. The zero-order valence-corrected chi connectivity index (χ0v) is 29.1. The number of carbonyl (C=O) groups is 6. The highest BCUT2D eigenvalue weighted by Gasteiger charge is 2.69. The van der Waals surface area contributed by atoms with Gasteiger partial charge in [0.05, 0.1) is 29.8 Å². The number of benzene rings is 2. The zero-order chi connectivity index (χ0) is 38.1. The summed E-state index contributed by atoms with van der Waals surface area (Å²) < 4.78 is 22.5. The summed E-state index contributed by atoms with van der Waals surface area (Å²) in [5.74, 6) is -8.69. The second kappa shape index (κ2) is 14.8. The number of likely N-dealkylation sites (N-methyl/N-ethyl adjacent to an activating group) is 1. The molecular formula is C37H41NO14. The Bertz CT molecular complexity index is 1810. The van der Waals surface area contributed by atoms with Gasteiger partial charge in [0.1, 0.15) is 11.5 Å². The standard InChI is InChI=1S/C37H41NO14/c1-19-10-11-24(40)31-29(19)36-14-15-38(4)21(3)37(36,48)13-12-25(32(36)51-31)49-28(43)17-23(16-20(2)39)34(46)52-30(22-8-6-5-7-9-22)35(47)50-26(33(44)45)18-27(41)42/h5-12,21,23,26,30,32,40,48H,13-18H2,1-4H3,(H,41,42)(H,44,45)/t21-,23+,26-,30+,32+,36+,37-/m1/s1. The van der Waals surface area contributed by atoms with Crippen LogP contribution in [-0.4, -0.2) is 98.4 Å². The highest BCUT2D eigenvalue weighted by molar-refractivity contribution is 5.89. The van der Waals surface area contributed by atoms with E-state index in [1.54, 1.807) is 18.2 Å². The molecule has 0 bridgehead atoms. The van der Waals surface area contributed by atoms with E-state index in [4.69, 9.17) is 24.1 Å². The number of aromatic hydroxyl groups is 1. The molecule has 1 saturated heterocycles. The molecule has 2 aromatic rings. The molecule has 1 fully saturated rings. The summed E-state index contributed by atoms with van der Waals surface area (Å²) >= 11 is 0. The predicted octanol–water partition coefficient (Wildman–Crippen LogP) is 2.73. The van der Waals surface area contributed by atoms with Crippen LogP contribution >= 0.6 is 0 Å². The van der Waals surface area contributed by atoms with Gasteiger partial charge in [-0.15, -0.1) is 0 Å². The number of Topliss-reactive ketones (excluding diaryl/α,β-unsaturated/α-hetero) is 1. The van der Waals surface area contributed by atoms with Crippen molar-refractivity contribution in [1.82, 2.24) is 4.90 Å². The number of aliphatic hydroxyl groups is 1. The minimum absolute atomic E-state index is 0.0541. The van der Waals surface area contributed by atoms with E-state index in [2.05, 4.69) is 0 Å². The monoisotopic (exact) mass is 723 g/mol. The Morgan fingerprint density at radius 1 is 0.981 bits per heavy atom. The molecule has 15 nitrogen and oxygen atoms in total. The number of carbonyl (C=O) groups excluding carboxylic acids is 4. The summed E-state index contributed by atoms with van der Waals surface area (Å²) in [5.41, 5.74) is -1.06. The van der Waals surface area contributed by atoms with Gasteiger partial charge in [0.25, 0.3) is 0 Å². The van der Waals surface area contributed by atoms with Gasteiger partial charge in [-0.05, 0) is 58.5 Å². The van der Waals surface area contributed by atoms with Gasteiger partial charge in [-0.25, -0.2) is 9.59 Å². The molecule has 15 heteroatoms. The third kappa shape index (κ3) is 6.97. The first kappa shape index (κ1) is 38.0. The molecule has 0 saturated carbocycles. The Hall–Kier alpha value is -5.28. The largest absolute Gasteiger partial charge is 0.504 e. The van der Waals surface area contributed by atoms with Gasteiger partial charge in [0, 0.05) is 30.0 Å². The predicted molar refractivity (Wildman–Crippen MR) is 178 cm³/mol. The number of fused-ring (bicyclic) bond motifs is 1. The van der Waals surface area contributed by atoms with Crippen molar-refractivity contribution in [3.63, 3.8) is 0 Å². The van der Waals surface area contributed by atoms with E-state index >= 15 is 0 Å². The molecule has 3 aliphatic rings. The quantitative estimate of drug-likeness (QED) is 0.172. The summed E-state index contributed by atoms with van der Waals surface area (Å²) in [4.78, 5) is 77.4. The number of piperidine rings is 1. The number of rotatable bonds is 13. The van der Waals surface area contributed by atoms with Crippen LogP contribution in [-0.2, 0) is 48.4 Å². The van der Waals surface area contributed by atoms with Crippen molar-refractivity contribution in [2.45, 2.75) is 88.2 Å². The van der Waals surface area contributed by atoms with E-state index in [-0.39, 0.29) is 35.3 Å². The van der Waals surface area contributed by atoms with Gasteiger partial charge in [0.2, 0.25) is 12.2 Å². The number of ketones is 1. The third-order valence-corrected chi connectivity index (χ3v) is 10.3. The number of esters is 3. The molecule has 52 heavy (non-hydrogen) atoms. The molecule has 2 heterocycles. The lowest BCUT2D eigenvalue weighted by molar-refractivity contribution is -0.181. The van der Waals surface area contributed by atoms with Crippen molar-refractivity contribution in [2.75, 3.05) is 13.6 Å². The SMILES string of the molecule is CC(=O)C[C@@H](CC(=O)OC1=CC[C@@]2(O)[C@@H](C)N(C)CC[C@@]23c2c(C)ccc(O)c2O[C@@H]13)C(=O)O[C@H](C(=O)O[C@H](CC(=O)O)C(=O)O)c1ccccc1. The minimum Gasteiger partial charge on any atom is -0.504 e. The summed E-state index contributed by atoms with van der Waals surface area (Å²) in [6.07, 6.45) is -5.24. The maximum atomic E-state index is 13.6. The molecule has 0 aromatic heterocycles. The van der Waals surface area contributed by atoms with Crippen molar-refractivity contribution in [2.24, 2.45) is 5.92 Å². The van der Waals surface area contributed by atoms with Crippen LogP contribution in [0, 0.1) is 12.8 Å². The molecule has 0 unspecified atom stereocenters. The van der Waals surface area contributed by atoms with Crippen molar-refractivity contribution in [3.8, 4) is 11.5 Å². The molecule has 5 rings (SSSR count). The van der Waals surface area contributed by atoms with E-state index in [9.17, 15) is 44.1 Å². The number of hydrogen-bond acceptors (Lipinski definition) is 13. The van der Waals surface area contributed by atoms with Crippen LogP contribution in [0.2, 0.25) is 0 Å². The fourth-order valence-corrected chi connectivity index (χ4v) is 7.60. The van der Waals surface area contributed by atoms with Crippen molar-refractivity contribution < 1.29 is 68.1 Å². The van der Waals surface area contributed by atoms with Crippen LogP contribution in [0.3, 0.4) is 0 Å². The van der Waals surface area contributed by atoms with Gasteiger partial charge in [0.15, 0.2) is 17.6 Å². The molecule has 4 N–H and O–H groups in total. The maximum Gasteiger partial charge on any atom is 0.353 e. The second-order valence-electron chi connectivity index (χ2n) is 13.6. The van der Waals surface area contributed by atoms with Gasteiger partial charge >= 0.3 is 29.8 Å². The normalized spacial score (nSPS) is 25.1. The number of ether oxygens (including phenoxy) is 4. The average Bonchev–Trinajstić information content (AvgIpc) is 3.45. The Balaban J connectivity index is 1.40. The van der Waals surface area contributed by atoms with Crippen LogP contribution in [0.4, 0.5) is 0 Å². The van der Waals surface area contributed by atoms with Gasteiger partial charge in [-0.2, -0.15) is 0 Å². The average molecular weight is 724 g/mol. The van der Waals surface area contributed by atoms with Crippen molar-refractivity contribution in [3.05, 3.63) is 71.0 Å². The van der Waals surface area contributed by atoms with Crippen molar-refractivity contribution >= 4 is 35.6 Å². The van der Waals surface area contributed by atoms with Crippen LogP contribution in [0.25, 0.3) is 0 Å². The third-order valence-electron chi connectivity index (χ3n) is 10.3. The van der Waals surface area contributed by atoms with E-state index in [1.165, 1.54) is 37.3 Å². The number of likely N-dealkylation sites (tertiary alicyclic amines) is 1. The smallest absolute Gasteiger partial charge is 0.353 e. The Labute approximate surface area is 298 Å². The van der Waals surface area contributed by atoms with E-state index in [0.29, 0.717) is 18.5 Å². The summed E-state index contributed by atoms with van der Waals surface area (Å²) in [7, 11) is 1.90. The number of nitrogens with zero attached hydrogens (tertiary/aromatic N) is 1. The Kier molecular flexibility index (Phi) is 10.8.